The highest BCUT2D eigenvalue weighted by Crippen LogP contribution is 2.39. The van der Waals surface area contributed by atoms with Gasteiger partial charge in [-0.2, -0.15) is 0 Å². The number of carbonyl (C=O) groups excluding carboxylic acids is 2. The number of aromatic nitrogens is 1. The fourth-order valence-electron chi connectivity index (χ4n) is 4.59. The largest absolute Gasteiger partial charge is 0.486 e. The van der Waals surface area contributed by atoms with Crippen molar-refractivity contribution in [1.29, 1.82) is 0 Å². The molecule has 2 aliphatic rings. The van der Waals surface area contributed by atoms with Crippen LogP contribution in [0.3, 0.4) is 0 Å². The lowest BCUT2D eigenvalue weighted by molar-refractivity contribution is -0.000901. The summed E-state index contributed by atoms with van der Waals surface area (Å²) in [7, 11) is 2.01. The Morgan fingerprint density at radius 2 is 1.97 bits per heavy atom. The molecule has 0 bridgehead atoms. The number of likely N-dealkylation sites (tertiary alicyclic amines) is 1. The molecule has 1 N–H and O–H groups in total. The Morgan fingerprint density at radius 1 is 1.16 bits per heavy atom. The van der Waals surface area contributed by atoms with Gasteiger partial charge < -0.3 is 19.5 Å². The fraction of sp³-hybridized carbons (Fsp3) is 0.333. The van der Waals surface area contributed by atoms with Crippen LogP contribution in [0, 0.1) is 5.82 Å². The number of ketones is 1. The molecule has 1 saturated heterocycles. The van der Waals surface area contributed by atoms with Gasteiger partial charge in [0.1, 0.15) is 17.2 Å². The average Bonchev–Trinajstić information content (AvgIpc) is 3.12. The predicted molar refractivity (Wildman–Crippen MR) is 115 cm³/mol. The van der Waals surface area contributed by atoms with Crippen molar-refractivity contribution >= 4 is 22.7 Å². The van der Waals surface area contributed by atoms with Gasteiger partial charge in [0.25, 0.3) is 0 Å². The second kappa shape index (κ2) is 7.41. The molecular weight excluding hydrogens is 397 g/mol. The Morgan fingerprint density at radius 3 is 2.77 bits per heavy atom. The second-order valence-corrected chi connectivity index (χ2v) is 8.49. The van der Waals surface area contributed by atoms with Gasteiger partial charge in [-0.1, -0.05) is 6.07 Å². The number of rotatable bonds is 2. The number of ether oxygens (including phenoxy) is 1. The molecule has 2 amide bonds. The lowest BCUT2D eigenvalue weighted by Crippen LogP contribution is -2.54. The second-order valence-electron chi connectivity index (χ2n) is 8.49. The van der Waals surface area contributed by atoms with Gasteiger partial charge in [0.15, 0.2) is 5.78 Å². The molecule has 0 atom stereocenters. The first kappa shape index (κ1) is 19.6. The number of amides is 2. The van der Waals surface area contributed by atoms with Crippen molar-refractivity contribution in [3.8, 4) is 5.75 Å². The number of carbonyl (C=O) groups is 2. The molecule has 0 saturated carbocycles. The van der Waals surface area contributed by atoms with E-state index in [4.69, 9.17) is 4.74 Å². The standard InChI is InChI=1S/C24H24FN3O3/c1-27-9-6-17-12-16(2-5-20(17)27)15-26-23(30)28-10-7-24(8-11-28)14-21(29)19-4-3-18(25)13-22(19)31-24/h2-6,9,12-13H,7-8,10-11,14-15H2,1H3,(H,26,30). The van der Waals surface area contributed by atoms with Crippen molar-refractivity contribution in [2.24, 2.45) is 7.05 Å². The van der Waals surface area contributed by atoms with E-state index in [1.807, 2.05) is 19.3 Å². The van der Waals surface area contributed by atoms with E-state index in [0.717, 1.165) is 16.5 Å². The molecule has 6 nitrogen and oxygen atoms in total. The number of halogens is 1. The minimum atomic E-state index is -0.660. The molecule has 1 spiro atoms. The molecule has 0 unspecified atom stereocenters. The summed E-state index contributed by atoms with van der Waals surface area (Å²) < 4.78 is 21.8. The fourth-order valence-corrected chi connectivity index (χ4v) is 4.59. The van der Waals surface area contributed by atoms with Gasteiger partial charge in [0.2, 0.25) is 0 Å². The van der Waals surface area contributed by atoms with Crippen LogP contribution in [0.25, 0.3) is 10.9 Å². The first-order chi connectivity index (χ1) is 14.9. The Kier molecular flexibility index (Phi) is 4.68. The molecule has 31 heavy (non-hydrogen) atoms. The molecule has 2 aliphatic heterocycles. The van der Waals surface area contributed by atoms with E-state index >= 15 is 0 Å². The van der Waals surface area contributed by atoms with E-state index < -0.39 is 11.4 Å². The van der Waals surface area contributed by atoms with E-state index in [-0.39, 0.29) is 18.2 Å². The van der Waals surface area contributed by atoms with E-state index in [0.29, 0.717) is 43.8 Å². The number of hydrogen-bond donors (Lipinski definition) is 1. The number of urea groups is 1. The van der Waals surface area contributed by atoms with E-state index in [2.05, 4.69) is 28.1 Å². The summed E-state index contributed by atoms with van der Waals surface area (Å²) in [6.07, 6.45) is 3.36. The van der Waals surface area contributed by atoms with E-state index in [1.54, 1.807) is 4.90 Å². The van der Waals surface area contributed by atoms with Gasteiger partial charge in [-0.3, -0.25) is 4.79 Å². The van der Waals surface area contributed by atoms with Gasteiger partial charge in [0.05, 0.1) is 12.0 Å². The molecule has 5 rings (SSSR count). The minimum absolute atomic E-state index is 0.0320. The first-order valence-electron chi connectivity index (χ1n) is 10.5. The van der Waals surface area contributed by atoms with Gasteiger partial charge in [-0.15, -0.1) is 0 Å². The van der Waals surface area contributed by atoms with Crippen LogP contribution in [-0.4, -0.2) is 40.0 Å². The first-order valence-corrected chi connectivity index (χ1v) is 10.5. The van der Waals surface area contributed by atoms with Crippen molar-refractivity contribution in [2.45, 2.75) is 31.4 Å². The maximum atomic E-state index is 13.6. The number of nitrogens with zero attached hydrogens (tertiary/aromatic N) is 2. The van der Waals surface area contributed by atoms with Crippen LogP contribution < -0.4 is 10.1 Å². The highest BCUT2D eigenvalue weighted by Gasteiger charge is 2.43. The zero-order valence-corrected chi connectivity index (χ0v) is 17.4. The third-order valence-electron chi connectivity index (χ3n) is 6.41. The maximum Gasteiger partial charge on any atom is 0.317 e. The molecule has 3 aromatic rings. The Balaban J connectivity index is 1.20. The lowest BCUT2D eigenvalue weighted by Gasteiger charge is -2.43. The monoisotopic (exact) mass is 421 g/mol. The number of benzene rings is 2. The maximum absolute atomic E-state index is 13.6. The summed E-state index contributed by atoms with van der Waals surface area (Å²) in [6.45, 7) is 1.43. The number of piperidine rings is 1. The number of nitrogens with one attached hydrogen (secondary N) is 1. The van der Waals surface area contributed by atoms with Crippen molar-refractivity contribution < 1.29 is 18.7 Å². The van der Waals surface area contributed by atoms with Crippen molar-refractivity contribution in [3.63, 3.8) is 0 Å². The lowest BCUT2D eigenvalue weighted by atomic mass is 9.82. The summed E-state index contributed by atoms with van der Waals surface area (Å²) in [4.78, 5) is 27.0. The normalized spacial score (nSPS) is 17.5. The minimum Gasteiger partial charge on any atom is -0.486 e. The summed E-state index contributed by atoms with van der Waals surface area (Å²) in [5.41, 5.74) is 1.97. The van der Waals surface area contributed by atoms with Gasteiger partial charge in [0, 0.05) is 57.3 Å². The molecule has 1 fully saturated rings. The van der Waals surface area contributed by atoms with Crippen LogP contribution in [0.15, 0.2) is 48.7 Å². The number of aryl methyl sites for hydroxylation is 1. The number of Topliss-reactive ketones (excluding diaryl/α,β-unsaturated/α-hetero) is 1. The highest BCUT2D eigenvalue weighted by molar-refractivity contribution is 6.00. The third-order valence-corrected chi connectivity index (χ3v) is 6.41. The van der Waals surface area contributed by atoms with Gasteiger partial charge in [-0.05, 0) is 41.3 Å². The third kappa shape index (κ3) is 3.65. The quantitative estimate of drug-likeness (QED) is 0.680. The Hall–Kier alpha value is -3.35. The Bertz CT molecular complexity index is 1180. The zero-order chi connectivity index (χ0) is 21.6. The summed E-state index contributed by atoms with van der Waals surface area (Å²) in [6, 6.07) is 12.1. The number of hydrogen-bond acceptors (Lipinski definition) is 3. The zero-order valence-electron chi connectivity index (χ0n) is 17.4. The molecule has 0 radical (unpaired) electrons. The van der Waals surface area contributed by atoms with Crippen LogP contribution in [0.2, 0.25) is 0 Å². The van der Waals surface area contributed by atoms with Crippen LogP contribution in [0.1, 0.15) is 35.2 Å². The van der Waals surface area contributed by atoms with Crippen LogP contribution >= 0.6 is 0 Å². The summed E-state index contributed by atoms with van der Waals surface area (Å²) in [5, 5.41) is 4.13. The molecule has 3 heterocycles. The molecule has 0 aliphatic carbocycles. The number of fused-ring (bicyclic) bond motifs is 2. The van der Waals surface area contributed by atoms with Gasteiger partial charge >= 0.3 is 6.03 Å². The summed E-state index contributed by atoms with van der Waals surface area (Å²) in [5.74, 6) is -0.144. The Labute approximate surface area is 179 Å². The molecule has 1 aromatic heterocycles. The van der Waals surface area contributed by atoms with Crippen molar-refractivity contribution in [1.82, 2.24) is 14.8 Å². The topological polar surface area (TPSA) is 63.6 Å². The van der Waals surface area contributed by atoms with Crippen LogP contribution in [0.4, 0.5) is 9.18 Å². The van der Waals surface area contributed by atoms with Gasteiger partial charge in [-0.25, -0.2) is 9.18 Å². The smallest absolute Gasteiger partial charge is 0.317 e. The predicted octanol–water partition coefficient (Wildman–Crippen LogP) is 4.03. The summed E-state index contributed by atoms with van der Waals surface area (Å²) >= 11 is 0. The van der Waals surface area contributed by atoms with E-state index in [1.165, 1.54) is 18.2 Å². The molecule has 2 aromatic carbocycles. The average molecular weight is 421 g/mol. The highest BCUT2D eigenvalue weighted by atomic mass is 19.1. The van der Waals surface area contributed by atoms with Crippen molar-refractivity contribution in [2.75, 3.05) is 13.1 Å². The molecular formula is C24H24FN3O3. The molecule has 160 valence electrons. The van der Waals surface area contributed by atoms with E-state index in [9.17, 15) is 14.0 Å². The van der Waals surface area contributed by atoms with Crippen LogP contribution in [0.5, 0.6) is 5.75 Å². The van der Waals surface area contributed by atoms with Crippen molar-refractivity contribution in [3.05, 3.63) is 65.6 Å². The SMILES string of the molecule is Cn1ccc2cc(CNC(=O)N3CCC4(CC3)CC(=O)c3ccc(F)cc3O4)ccc21. The molecule has 7 heteroatoms. The van der Waals surface area contributed by atoms with Crippen LogP contribution in [-0.2, 0) is 13.6 Å².